The fourth-order valence-corrected chi connectivity index (χ4v) is 3.93. The number of halogens is 1. The Kier molecular flexibility index (Phi) is 8.67. The monoisotopic (exact) mass is 462 g/mol. The number of nitrogens with zero attached hydrogens (tertiary/aromatic N) is 1. The van der Waals surface area contributed by atoms with Crippen LogP contribution in [0, 0.1) is 6.92 Å². The van der Waals surface area contributed by atoms with Crippen molar-refractivity contribution in [3.05, 3.63) is 106 Å². The summed E-state index contributed by atoms with van der Waals surface area (Å²) in [4.78, 5) is 28.7. The summed E-state index contributed by atoms with van der Waals surface area (Å²) in [5.41, 5.74) is 3.87. The van der Waals surface area contributed by atoms with Crippen LogP contribution in [-0.2, 0) is 29.0 Å². The first-order chi connectivity index (χ1) is 15.8. The molecule has 0 fully saturated rings. The van der Waals surface area contributed by atoms with Crippen molar-refractivity contribution in [3.63, 3.8) is 0 Å². The zero-order valence-electron chi connectivity index (χ0n) is 19.4. The predicted octanol–water partition coefficient (Wildman–Crippen LogP) is 5.36. The van der Waals surface area contributed by atoms with Gasteiger partial charge in [-0.1, -0.05) is 90.0 Å². The summed E-state index contributed by atoms with van der Waals surface area (Å²) >= 11 is 6.34. The van der Waals surface area contributed by atoms with Gasteiger partial charge in [0.2, 0.25) is 11.8 Å². The van der Waals surface area contributed by atoms with Crippen molar-refractivity contribution in [3.8, 4) is 0 Å². The standard InChI is InChI=1S/C28H31ClN2O2/c1-20(2)30-28(33)26(17-22-9-5-4-6-10-22)31(19-23-15-13-21(3)14-16-23)27(32)18-24-11-7-8-12-25(24)29/h4-16,20,26H,17-19H2,1-3H3,(H,30,33). The third-order valence-electron chi connectivity index (χ3n) is 5.48. The lowest BCUT2D eigenvalue weighted by Crippen LogP contribution is -2.52. The summed E-state index contributed by atoms with van der Waals surface area (Å²) in [7, 11) is 0. The highest BCUT2D eigenvalue weighted by atomic mass is 35.5. The van der Waals surface area contributed by atoms with Crippen LogP contribution in [0.4, 0.5) is 0 Å². The lowest BCUT2D eigenvalue weighted by molar-refractivity contribution is -0.141. The second kappa shape index (κ2) is 11.7. The fourth-order valence-electron chi connectivity index (χ4n) is 3.73. The number of aryl methyl sites for hydroxylation is 1. The molecule has 0 aromatic heterocycles. The zero-order valence-corrected chi connectivity index (χ0v) is 20.2. The summed E-state index contributed by atoms with van der Waals surface area (Å²) in [6.07, 6.45) is 0.561. The van der Waals surface area contributed by atoms with Crippen molar-refractivity contribution >= 4 is 23.4 Å². The van der Waals surface area contributed by atoms with E-state index in [1.165, 1.54) is 0 Å². The maximum Gasteiger partial charge on any atom is 0.243 e. The van der Waals surface area contributed by atoms with Crippen molar-refractivity contribution in [2.75, 3.05) is 0 Å². The van der Waals surface area contributed by atoms with Gasteiger partial charge in [-0.15, -0.1) is 0 Å². The Morgan fingerprint density at radius 2 is 1.52 bits per heavy atom. The molecule has 0 radical (unpaired) electrons. The lowest BCUT2D eigenvalue weighted by Gasteiger charge is -2.32. The van der Waals surface area contributed by atoms with Crippen molar-refractivity contribution < 1.29 is 9.59 Å². The van der Waals surface area contributed by atoms with Crippen LogP contribution in [0.25, 0.3) is 0 Å². The van der Waals surface area contributed by atoms with Crippen LogP contribution in [0.1, 0.15) is 36.1 Å². The lowest BCUT2D eigenvalue weighted by atomic mass is 10.0. The quantitative estimate of drug-likeness (QED) is 0.465. The number of hydrogen-bond acceptors (Lipinski definition) is 2. The highest BCUT2D eigenvalue weighted by molar-refractivity contribution is 6.31. The molecule has 0 heterocycles. The number of nitrogens with one attached hydrogen (secondary N) is 1. The van der Waals surface area contributed by atoms with Gasteiger partial charge in [-0.3, -0.25) is 9.59 Å². The Labute approximate surface area is 201 Å². The summed E-state index contributed by atoms with van der Waals surface area (Å²) in [5.74, 6) is -0.294. The van der Waals surface area contributed by atoms with Gasteiger partial charge in [0.25, 0.3) is 0 Å². The molecular formula is C28H31ClN2O2. The number of rotatable bonds is 9. The highest BCUT2D eigenvalue weighted by Gasteiger charge is 2.31. The van der Waals surface area contributed by atoms with E-state index in [-0.39, 0.29) is 24.3 Å². The molecule has 3 aromatic rings. The van der Waals surface area contributed by atoms with Crippen molar-refractivity contribution in [1.29, 1.82) is 0 Å². The Hall–Kier alpha value is -3.11. The van der Waals surface area contributed by atoms with Crippen molar-refractivity contribution in [2.24, 2.45) is 0 Å². The first-order valence-corrected chi connectivity index (χ1v) is 11.6. The maximum absolute atomic E-state index is 13.6. The van der Waals surface area contributed by atoms with E-state index < -0.39 is 6.04 Å². The van der Waals surface area contributed by atoms with Crippen molar-refractivity contribution in [2.45, 2.75) is 52.2 Å². The third kappa shape index (κ3) is 7.19. The summed E-state index contributed by atoms with van der Waals surface area (Å²) in [6, 6.07) is 24.5. The summed E-state index contributed by atoms with van der Waals surface area (Å²) in [5, 5.41) is 3.56. The number of carbonyl (C=O) groups excluding carboxylic acids is 2. The molecule has 0 aliphatic carbocycles. The number of carbonyl (C=O) groups is 2. The van der Waals surface area contributed by atoms with Gasteiger partial charge in [0.15, 0.2) is 0 Å². The first-order valence-electron chi connectivity index (χ1n) is 11.3. The molecule has 4 nitrogen and oxygen atoms in total. The molecule has 3 aromatic carbocycles. The summed E-state index contributed by atoms with van der Waals surface area (Å²) < 4.78 is 0. The molecule has 0 aliphatic heterocycles. The second-order valence-electron chi connectivity index (χ2n) is 8.64. The van der Waals surface area contributed by atoms with E-state index in [9.17, 15) is 9.59 Å². The molecule has 1 atom stereocenters. The van der Waals surface area contributed by atoms with Gasteiger partial charge in [0.1, 0.15) is 6.04 Å². The predicted molar refractivity (Wildman–Crippen MR) is 134 cm³/mol. The van der Waals surface area contributed by atoms with Crippen LogP contribution in [0.5, 0.6) is 0 Å². The second-order valence-corrected chi connectivity index (χ2v) is 9.05. The molecule has 5 heteroatoms. The van der Waals surface area contributed by atoms with E-state index in [0.717, 1.165) is 22.3 Å². The Bertz CT molecular complexity index is 1060. The zero-order chi connectivity index (χ0) is 23.8. The average Bonchev–Trinajstić information content (AvgIpc) is 2.79. The van der Waals surface area contributed by atoms with Crippen molar-refractivity contribution in [1.82, 2.24) is 10.2 Å². The van der Waals surface area contributed by atoms with Gasteiger partial charge in [-0.25, -0.2) is 0 Å². The van der Waals surface area contributed by atoms with Gasteiger partial charge < -0.3 is 10.2 Å². The van der Waals surface area contributed by atoms with E-state index >= 15 is 0 Å². The number of hydrogen-bond donors (Lipinski definition) is 1. The Balaban J connectivity index is 1.97. The van der Waals surface area contributed by atoms with Crippen LogP contribution >= 0.6 is 11.6 Å². The smallest absolute Gasteiger partial charge is 0.243 e. The summed E-state index contributed by atoms with van der Waals surface area (Å²) in [6.45, 7) is 6.21. The third-order valence-corrected chi connectivity index (χ3v) is 5.84. The van der Waals surface area contributed by atoms with E-state index in [4.69, 9.17) is 11.6 Å². The van der Waals surface area contributed by atoms with Crippen LogP contribution in [0.2, 0.25) is 5.02 Å². The molecule has 33 heavy (non-hydrogen) atoms. The molecule has 172 valence electrons. The molecule has 0 saturated heterocycles. The minimum atomic E-state index is -0.647. The van der Waals surface area contributed by atoms with Gasteiger partial charge in [-0.2, -0.15) is 0 Å². The van der Waals surface area contributed by atoms with Gasteiger partial charge in [0, 0.05) is 24.0 Å². The maximum atomic E-state index is 13.6. The molecule has 1 N–H and O–H groups in total. The molecular weight excluding hydrogens is 432 g/mol. The van der Waals surface area contributed by atoms with E-state index in [1.807, 2.05) is 93.6 Å². The van der Waals surface area contributed by atoms with E-state index in [2.05, 4.69) is 5.32 Å². The molecule has 1 unspecified atom stereocenters. The van der Waals surface area contributed by atoms with Gasteiger partial charge >= 0.3 is 0 Å². The molecule has 0 saturated carbocycles. The van der Waals surface area contributed by atoms with Gasteiger partial charge in [0.05, 0.1) is 6.42 Å². The SMILES string of the molecule is Cc1ccc(CN(C(=O)Cc2ccccc2Cl)C(Cc2ccccc2)C(=O)NC(C)C)cc1. The molecule has 0 aliphatic rings. The minimum Gasteiger partial charge on any atom is -0.352 e. The minimum absolute atomic E-state index is 0.0318. The van der Waals surface area contributed by atoms with Crippen LogP contribution in [0.15, 0.2) is 78.9 Å². The normalized spacial score (nSPS) is 11.8. The number of amides is 2. The fraction of sp³-hybridized carbons (Fsp3) is 0.286. The van der Waals surface area contributed by atoms with Crippen LogP contribution in [-0.4, -0.2) is 28.8 Å². The molecule has 0 spiro atoms. The van der Waals surface area contributed by atoms with E-state index in [1.54, 1.807) is 11.0 Å². The molecule has 0 bridgehead atoms. The first kappa shape index (κ1) is 24.5. The van der Waals surface area contributed by atoms with Crippen LogP contribution in [0.3, 0.4) is 0 Å². The Morgan fingerprint density at radius 1 is 0.879 bits per heavy atom. The molecule has 2 amide bonds. The largest absolute Gasteiger partial charge is 0.352 e. The van der Waals surface area contributed by atoms with Gasteiger partial charge in [-0.05, 0) is 43.5 Å². The highest BCUT2D eigenvalue weighted by Crippen LogP contribution is 2.20. The molecule has 3 rings (SSSR count). The van der Waals surface area contributed by atoms with E-state index in [0.29, 0.717) is 18.0 Å². The van der Waals surface area contributed by atoms with Crippen LogP contribution < -0.4 is 5.32 Å². The topological polar surface area (TPSA) is 49.4 Å². The average molecular weight is 463 g/mol. The number of benzene rings is 3. The Morgan fingerprint density at radius 3 is 2.15 bits per heavy atom.